The van der Waals surface area contributed by atoms with Crippen molar-refractivity contribution >= 4 is 11.3 Å². The third kappa shape index (κ3) is 2.57. The Kier molecular flexibility index (Phi) is 3.73. The van der Waals surface area contributed by atoms with E-state index in [1.165, 1.54) is 23.5 Å². The van der Waals surface area contributed by atoms with Gasteiger partial charge in [-0.05, 0) is 18.1 Å². The molecule has 1 atom stereocenters. The topological polar surface area (TPSA) is 36.7 Å². The highest BCUT2D eigenvalue weighted by Crippen LogP contribution is 2.30. The monoisotopic (exact) mass is 260 g/mol. The number of aromatic nitrogens is 1. The van der Waals surface area contributed by atoms with Crippen molar-refractivity contribution in [1.82, 2.24) is 4.98 Å². The zero-order valence-corrected chi connectivity index (χ0v) is 11.0. The maximum absolute atomic E-state index is 13.1. The van der Waals surface area contributed by atoms with Gasteiger partial charge >= 0.3 is 0 Å². The number of hydrogen-bond acceptors (Lipinski definition) is 3. The molecule has 0 radical (unpaired) electrons. The zero-order valence-electron chi connectivity index (χ0n) is 10.2. The molecular weight excluding hydrogens is 247 g/mol. The number of thiazole rings is 1. The van der Waals surface area contributed by atoms with Gasteiger partial charge in [0.05, 0.1) is 17.7 Å². The molecule has 1 heterocycles. The molecule has 4 heteroatoms. The maximum atomic E-state index is 13.1. The molecule has 18 heavy (non-hydrogen) atoms. The molecule has 0 bridgehead atoms. The van der Waals surface area contributed by atoms with E-state index in [4.69, 9.17) is 5.26 Å². The van der Waals surface area contributed by atoms with Gasteiger partial charge in [0.25, 0.3) is 0 Å². The largest absolute Gasteiger partial charge is 0.240 e. The molecule has 2 aromatic rings. The third-order valence-corrected chi connectivity index (χ3v) is 3.63. The molecule has 0 N–H and O–H groups in total. The van der Waals surface area contributed by atoms with Crippen LogP contribution in [0, 0.1) is 23.1 Å². The quantitative estimate of drug-likeness (QED) is 0.828. The van der Waals surface area contributed by atoms with E-state index in [-0.39, 0.29) is 17.7 Å². The molecule has 1 unspecified atom stereocenters. The lowest BCUT2D eigenvalue weighted by atomic mass is 9.95. The molecule has 0 fully saturated rings. The minimum absolute atomic E-state index is 0.205. The molecular formula is C14H13FN2S. The highest BCUT2D eigenvalue weighted by atomic mass is 32.1. The van der Waals surface area contributed by atoms with Crippen LogP contribution in [0.3, 0.4) is 0 Å². The molecule has 1 aromatic heterocycles. The standard InChI is InChI=1S/C14H13FN2S/c1-9(2)12(7-16)13-8-18-14(17-13)10-4-3-5-11(15)6-10/h3-6,8-9,12H,1-2H3. The predicted molar refractivity (Wildman–Crippen MR) is 70.7 cm³/mol. The van der Waals surface area contributed by atoms with Crippen LogP contribution in [0.1, 0.15) is 25.5 Å². The second-order valence-electron chi connectivity index (χ2n) is 4.44. The van der Waals surface area contributed by atoms with Crippen LogP contribution < -0.4 is 0 Å². The fraction of sp³-hybridized carbons (Fsp3) is 0.286. The first-order chi connectivity index (χ1) is 8.61. The third-order valence-electron chi connectivity index (χ3n) is 2.72. The molecule has 2 rings (SSSR count). The lowest BCUT2D eigenvalue weighted by Gasteiger charge is -2.08. The van der Waals surface area contributed by atoms with Gasteiger partial charge in [-0.3, -0.25) is 0 Å². The second kappa shape index (κ2) is 5.28. The minimum Gasteiger partial charge on any atom is -0.240 e. The zero-order chi connectivity index (χ0) is 13.1. The van der Waals surface area contributed by atoms with Crippen LogP contribution in [0.5, 0.6) is 0 Å². The van der Waals surface area contributed by atoms with E-state index >= 15 is 0 Å². The Morgan fingerprint density at radius 2 is 2.17 bits per heavy atom. The van der Waals surface area contributed by atoms with Crippen molar-refractivity contribution in [1.29, 1.82) is 5.26 Å². The van der Waals surface area contributed by atoms with Crippen molar-refractivity contribution in [3.63, 3.8) is 0 Å². The summed E-state index contributed by atoms with van der Waals surface area (Å²) in [4.78, 5) is 4.44. The summed E-state index contributed by atoms with van der Waals surface area (Å²) in [5.74, 6) is -0.258. The maximum Gasteiger partial charge on any atom is 0.123 e. The highest BCUT2D eigenvalue weighted by molar-refractivity contribution is 7.13. The molecule has 0 saturated carbocycles. The molecule has 2 nitrogen and oxygen atoms in total. The Morgan fingerprint density at radius 1 is 1.39 bits per heavy atom. The SMILES string of the molecule is CC(C)C(C#N)c1csc(-c2cccc(F)c2)n1. The van der Waals surface area contributed by atoms with Crippen molar-refractivity contribution in [3.05, 3.63) is 41.2 Å². The molecule has 0 amide bonds. The van der Waals surface area contributed by atoms with Crippen LogP contribution in [0.15, 0.2) is 29.6 Å². The van der Waals surface area contributed by atoms with Crippen molar-refractivity contribution in [2.24, 2.45) is 5.92 Å². The summed E-state index contributed by atoms with van der Waals surface area (Å²) in [7, 11) is 0. The Morgan fingerprint density at radius 3 is 2.78 bits per heavy atom. The molecule has 0 spiro atoms. The van der Waals surface area contributed by atoms with Gasteiger partial charge in [-0.2, -0.15) is 5.26 Å². The molecule has 0 saturated heterocycles. The summed E-state index contributed by atoms with van der Waals surface area (Å²) in [6.07, 6.45) is 0. The minimum atomic E-state index is -0.273. The molecule has 0 aliphatic rings. The van der Waals surface area contributed by atoms with Crippen LogP contribution in [0.25, 0.3) is 10.6 Å². The summed E-state index contributed by atoms with van der Waals surface area (Å²) < 4.78 is 13.1. The smallest absolute Gasteiger partial charge is 0.123 e. The van der Waals surface area contributed by atoms with Gasteiger partial charge in [0, 0.05) is 10.9 Å². The van der Waals surface area contributed by atoms with Gasteiger partial charge in [0.2, 0.25) is 0 Å². The number of benzene rings is 1. The van der Waals surface area contributed by atoms with Crippen LogP contribution in [-0.4, -0.2) is 4.98 Å². The van der Waals surface area contributed by atoms with E-state index in [9.17, 15) is 4.39 Å². The summed E-state index contributed by atoms with van der Waals surface area (Å²) >= 11 is 1.44. The summed E-state index contributed by atoms with van der Waals surface area (Å²) in [6, 6.07) is 8.61. The number of nitriles is 1. The van der Waals surface area contributed by atoms with E-state index in [1.54, 1.807) is 6.07 Å². The number of nitrogens with zero attached hydrogens (tertiary/aromatic N) is 2. The summed E-state index contributed by atoms with van der Waals surface area (Å²) in [5.41, 5.74) is 1.53. The Hall–Kier alpha value is -1.73. The fourth-order valence-electron chi connectivity index (χ4n) is 1.74. The normalized spacial score (nSPS) is 12.4. The lowest BCUT2D eigenvalue weighted by Crippen LogP contribution is -2.04. The summed E-state index contributed by atoms with van der Waals surface area (Å²) in [6.45, 7) is 3.99. The average molecular weight is 260 g/mol. The van der Waals surface area contributed by atoms with E-state index in [0.717, 1.165) is 16.3 Å². The van der Waals surface area contributed by atoms with E-state index in [1.807, 2.05) is 25.3 Å². The number of rotatable bonds is 3. The lowest BCUT2D eigenvalue weighted by molar-refractivity contribution is 0.578. The van der Waals surface area contributed by atoms with Crippen LogP contribution in [0.4, 0.5) is 4.39 Å². The Balaban J connectivity index is 2.34. The Bertz CT molecular complexity index is 583. The first-order valence-electron chi connectivity index (χ1n) is 5.73. The number of halogens is 1. The van der Waals surface area contributed by atoms with Gasteiger partial charge in [-0.1, -0.05) is 26.0 Å². The second-order valence-corrected chi connectivity index (χ2v) is 5.30. The van der Waals surface area contributed by atoms with Crippen molar-refractivity contribution in [3.8, 4) is 16.6 Å². The van der Waals surface area contributed by atoms with Crippen LogP contribution in [0.2, 0.25) is 0 Å². The molecule has 92 valence electrons. The highest BCUT2D eigenvalue weighted by Gasteiger charge is 2.18. The Labute approximate surface area is 110 Å². The van der Waals surface area contributed by atoms with Crippen molar-refractivity contribution in [2.75, 3.05) is 0 Å². The van der Waals surface area contributed by atoms with E-state index in [0.29, 0.717) is 0 Å². The first-order valence-corrected chi connectivity index (χ1v) is 6.60. The van der Waals surface area contributed by atoms with Gasteiger partial charge in [0.15, 0.2) is 0 Å². The first kappa shape index (κ1) is 12.7. The van der Waals surface area contributed by atoms with Gasteiger partial charge in [-0.15, -0.1) is 11.3 Å². The van der Waals surface area contributed by atoms with Gasteiger partial charge < -0.3 is 0 Å². The van der Waals surface area contributed by atoms with Crippen LogP contribution >= 0.6 is 11.3 Å². The van der Waals surface area contributed by atoms with Crippen LogP contribution in [-0.2, 0) is 0 Å². The van der Waals surface area contributed by atoms with Gasteiger partial charge in [0.1, 0.15) is 10.8 Å². The molecule has 0 aliphatic heterocycles. The van der Waals surface area contributed by atoms with Crippen molar-refractivity contribution in [2.45, 2.75) is 19.8 Å². The van der Waals surface area contributed by atoms with Crippen molar-refractivity contribution < 1.29 is 4.39 Å². The number of hydrogen-bond donors (Lipinski definition) is 0. The molecule has 0 aliphatic carbocycles. The molecule has 1 aromatic carbocycles. The summed E-state index contributed by atoms with van der Waals surface area (Å²) in [5, 5.41) is 11.8. The predicted octanol–water partition coefficient (Wildman–Crippen LogP) is 4.21. The van der Waals surface area contributed by atoms with Gasteiger partial charge in [-0.25, -0.2) is 9.37 Å². The van der Waals surface area contributed by atoms with E-state index in [2.05, 4.69) is 11.1 Å². The average Bonchev–Trinajstić information content (AvgIpc) is 2.79. The fourth-order valence-corrected chi connectivity index (χ4v) is 2.59. The van der Waals surface area contributed by atoms with E-state index < -0.39 is 0 Å².